The predicted octanol–water partition coefficient (Wildman–Crippen LogP) is 2.61. The van der Waals surface area contributed by atoms with Gasteiger partial charge in [0.2, 0.25) is 0 Å². The Morgan fingerprint density at radius 2 is 2.00 bits per heavy atom. The minimum Gasteiger partial charge on any atom is -0.492 e. The van der Waals surface area contributed by atoms with Crippen molar-refractivity contribution in [2.45, 2.75) is 38.6 Å². The highest BCUT2D eigenvalue weighted by Gasteiger charge is 2.25. The SMILES string of the molecule is Cc1ccccc1OCCNC1CCC(C(=O)O)CC1. The van der Waals surface area contributed by atoms with Gasteiger partial charge in [-0.05, 0) is 44.2 Å². The molecule has 20 heavy (non-hydrogen) atoms. The highest BCUT2D eigenvalue weighted by molar-refractivity contribution is 5.70. The quantitative estimate of drug-likeness (QED) is 0.785. The van der Waals surface area contributed by atoms with Crippen LogP contribution in [0.2, 0.25) is 0 Å². The molecule has 4 heteroatoms. The number of rotatable bonds is 6. The van der Waals surface area contributed by atoms with Gasteiger partial charge >= 0.3 is 5.97 Å². The van der Waals surface area contributed by atoms with Crippen molar-refractivity contribution in [2.24, 2.45) is 5.92 Å². The molecule has 0 aromatic heterocycles. The third-order valence-corrected chi connectivity index (χ3v) is 3.96. The second-order valence-corrected chi connectivity index (χ2v) is 5.45. The van der Waals surface area contributed by atoms with Crippen LogP contribution in [-0.2, 0) is 4.79 Å². The Morgan fingerprint density at radius 3 is 2.65 bits per heavy atom. The van der Waals surface area contributed by atoms with Crippen molar-refractivity contribution in [3.63, 3.8) is 0 Å². The summed E-state index contributed by atoms with van der Waals surface area (Å²) in [6, 6.07) is 8.43. The van der Waals surface area contributed by atoms with E-state index in [0.717, 1.165) is 43.5 Å². The van der Waals surface area contributed by atoms with Gasteiger partial charge in [0, 0.05) is 12.6 Å². The summed E-state index contributed by atoms with van der Waals surface area (Å²) in [6.45, 7) is 3.48. The van der Waals surface area contributed by atoms with Crippen molar-refractivity contribution in [2.75, 3.05) is 13.2 Å². The zero-order valence-corrected chi connectivity index (χ0v) is 12.0. The van der Waals surface area contributed by atoms with Crippen molar-refractivity contribution < 1.29 is 14.6 Å². The van der Waals surface area contributed by atoms with E-state index in [0.29, 0.717) is 12.6 Å². The largest absolute Gasteiger partial charge is 0.492 e. The van der Waals surface area contributed by atoms with Crippen LogP contribution < -0.4 is 10.1 Å². The second-order valence-electron chi connectivity index (χ2n) is 5.45. The number of carboxylic acids is 1. The first-order valence-corrected chi connectivity index (χ1v) is 7.31. The molecule has 0 aliphatic heterocycles. The molecule has 0 radical (unpaired) electrons. The molecule has 2 rings (SSSR count). The summed E-state index contributed by atoms with van der Waals surface area (Å²) in [6.07, 6.45) is 3.46. The molecule has 0 saturated heterocycles. The maximum Gasteiger partial charge on any atom is 0.306 e. The first-order chi connectivity index (χ1) is 9.66. The van der Waals surface area contributed by atoms with E-state index >= 15 is 0 Å². The maximum atomic E-state index is 10.9. The average molecular weight is 277 g/mol. The Morgan fingerprint density at radius 1 is 1.30 bits per heavy atom. The van der Waals surface area contributed by atoms with Crippen LogP contribution in [0.3, 0.4) is 0 Å². The lowest BCUT2D eigenvalue weighted by atomic mass is 9.86. The highest BCUT2D eigenvalue weighted by Crippen LogP contribution is 2.24. The fraction of sp³-hybridized carbons (Fsp3) is 0.562. The first-order valence-electron chi connectivity index (χ1n) is 7.31. The number of hydrogen-bond acceptors (Lipinski definition) is 3. The van der Waals surface area contributed by atoms with E-state index in [9.17, 15) is 4.79 Å². The van der Waals surface area contributed by atoms with E-state index in [1.807, 2.05) is 31.2 Å². The topological polar surface area (TPSA) is 58.6 Å². The third-order valence-electron chi connectivity index (χ3n) is 3.96. The zero-order valence-electron chi connectivity index (χ0n) is 12.0. The molecule has 0 amide bonds. The fourth-order valence-corrected chi connectivity index (χ4v) is 2.69. The monoisotopic (exact) mass is 277 g/mol. The van der Waals surface area contributed by atoms with Crippen molar-refractivity contribution in [1.82, 2.24) is 5.32 Å². The van der Waals surface area contributed by atoms with Crippen LogP contribution in [0.5, 0.6) is 5.75 Å². The van der Waals surface area contributed by atoms with Crippen LogP contribution in [0.15, 0.2) is 24.3 Å². The average Bonchev–Trinajstić information content (AvgIpc) is 2.46. The van der Waals surface area contributed by atoms with Crippen LogP contribution in [-0.4, -0.2) is 30.3 Å². The summed E-state index contributed by atoms with van der Waals surface area (Å²) in [5, 5.41) is 12.4. The lowest BCUT2D eigenvalue weighted by molar-refractivity contribution is -0.142. The van der Waals surface area contributed by atoms with E-state index in [2.05, 4.69) is 5.32 Å². The third kappa shape index (κ3) is 4.23. The normalized spacial score (nSPS) is 22.4. The Kier molecular flexibility index (Phi) is 5.41. The summed E-state index contributed by atoms with van der Waals surface area (Å²) in [5.41, 5.74) is 1.15. The molecule has 2 N–H and O–H groups in total. The number of nitrogens with one attached hydrogen (secondary N) is 1. The van der Waals surface area contributed by atoms with Gasteiger partial charge in [-0.15, -0.1) is 0 Å². The minimum absolute atomic E-state index is 0.142. The number of aryl methyl sites for hydroxylation is 1. The smallest absolute Gasteiger partial charge is 0.306 e. The molecular formula is C16H23NO3. The Labute approximate surface area is 120 Å². The van der Waals surface area contributed by atoms with Crippen LogP contribution in [0, 0.1) is 12.8 Å². The van der Waals surface area contributed by atoms with Crippen LogP contribution in [0.25, 0.3) is 0 Å². The molecule has 1 saturated carbocycles. The lowest BCUT2D eigenvalue weighted by Crippen LogP contribution is -2.37. The summed E-state index contributed by atoms with van der Waals surface area (Å²) >= 11 is 0. The molecule has 0 heterocycles. The lowest BCUT2D eigenvalue weighted by Gasteiger charge is -2.26. The second kappa shape index (κ2) is 7.29. The number of carboxylic acid groups (broad SMARTS) is 1. The molecule has 1 aliphatic rings. The Hall–Kier alpha value is -1.55. The Bertz CT molecular complexity index is 439. The van der Waals surface area contributed by atoms with Gasteiger partial charge in [-0.2, -0.15) is 0 Å². The fourth-order valence-electron chi connectivity index (χ4n) is 2.69. The summed E-state index contributed by atoms with van der Waals surface area (Å²) < 4.78 is 5.73. The summed E-state index contributed by atoms with van der Waals surface area (Å²) in [4.78, 5) is 10.9. The predicted molar refractivity (Wildman–Crippen MR) is 78.1 cm³/mol. The number of carbonyl (C=O) groups is 1. The van der Waals surface area contributed by atoms with Crippen LogP contribution in [0.4, 0.5) is 0 Å². The van der Waals surface area contributed by atoms with Gasteiger partial charge in [0.05, 0.1) is 5.92 Å². The van der Waals surface area contributed by atoms with E-state index in [1.165, 1.54) is 0 Å². The summed E-state index contributed by atoms with van der Waals surface area (Å²) in [7, 11) is 0. The number of aliphatic carboxylic acids is 1. The molecule has 1 fully saturated rings. The van der Waals surface area contributed by atoms with E-state index in [-0.39, 0.29) is 5.92 Å². The van der Waals surface area contributed by atoms with Crippen molar-refractivity contribution in [1.29, 1.82) is 0 Å². The molecule has 110 valence electrons. The van der Waals surface area contributed by atoms with E-state index < -0.39 is 5.97 Å². The van der Waals surface area contributed by atoms with Crippen molar-refractivity contribution in [3.8, 4) is 5.75 Å². The number of ether oxygens (including phenoxy) is 1. The number of benzene rings is 1. The molecule has 1 aromatic rings. The van der Waals surface area contributed by atoms with Crippen molar-refractivity contribution in [3.05, 3.63) is 29.8 Å². The molecule has 1 aliphatic carbocycles. The van der Waals surface area contributed by atoms with E-state index in [4.69, 9.17) is 9.84 Å². The van der Waals surface area contributed by atoms with Gasteiger partial charge < -0.3 is 15.2 Å². The number of para-hydroxylation sites is 1. The Balaban J connectivity index is 1.63. The molecule has 1 aromatic carbocycles. The molecule has 0 unspecified atom stereocenters. The van der Waals surface area contributed by atoms with E-state index in [1.54, 1.807) is 0 Å². The highest BCUT2D eigenvalue weighted by atomic mass is 16.5. The molecular weight excluding hydrogens is 254 g/mol. The molecule has 0 bridgehead atoms. The number of hydrogen-bond donors (Lipinski definition) is 2. The molecule has 0 spiro atoms. The van der Waals surface area contributed by atoms with Crippen LogP contribution in [0.1, 0.15) is 31.2 Å². The zero-order chi connectivity index (χ0) is 14.4. The van der Waals surface area contributed by atoms with Gasteiger partial charge in [-0.3, -0.25) is 4.79 Å². The van der Waals surface area contributed by atoms with Gasteiger partial charge in [-0.1, -0.05) is 18.2 Å². The molecule has 0 atom stereocenters. The van der Waals surface area contributed by atoms with Gasteiger partial charge in [-0.25, -0.2) is 0 Å². The maximum absolute atomic E-state index is 10.9. The standard InChI is InChI=1S/C16H23NO3/c1-12-4-2-3-5-15(12)20-11-10-17-14-8-6-13(7-9-14)16(18)19/h2-5,13-14,17H,6-11H2,1H3,(H,18,19). The van der Waals surface area contributed by atoms with Crippen LogP contribution >= 0.6 is 0 Å². The van der Waals surface area contributed by atoms with Gasteiger partial charge in [0.1, 0.15) is 12.4 Å². The molecule has 4 nitrogen and oxygen atoms in total. The minimum atomic E-state index is -0.647. The first kappa shape index (κ1) is 14.9. The van der Waals surface area contributed by atoms with Crippen molar-refractivity contribution >= 4 is 5.97 Å². The summed E-state index contributed by atoms with van der Waals surface area (Å²) in [5.74, 6) is 0.145. The van der Waals surface area contributed by atoms with Gasteiger partial charge in [0.15, 0.2) is 0 Å². The van der Waals surface area contributed by atoms with Gasteiger partial charge in [0.25, 0.3) is 0 Å².